The molecule has 2 aromatic heterocycles. The van der Waals surface area contributed by atoms with Gasteiger partial charge in [-0.25, -0.2) is 14.2 Å². The Morgan fingerprint density at radius 1 is 0.973 bits per heavy atom. The zero-order valence-corrected chi connectivity index (χ0v) is 19.7. The van der Waals surface area contributed by atoms with Crippen molar-refractivity contribution in [3.63, 3.8) is 0 Å². The van der Waals surface area contributed by atoms with E-state index >= 15 is 0 Å². The molecule has 204 valence electrons. The zero-order valence-electron chi connectivity index (χ0n) is 18.8. The average Bonchev–Trinajstić information content (AvgIpc) is 3.22. The van der Waals surface area contributed by atoms with Crippen LogP contribution < -0.4 is 22.8 Å². The normalized spacial score (nSPS) is 34.2. The first-order valence-electron chi connectivity index (χ1n) is 10.7. The van der Waals surface area contributed by atoms with Gasteiger partial charge >= 0.3 is 19.2 Å². The van der Waals surface area contributed by atoms with Gasteiger partial charge in [-0.05, 0) is 12.1 Å². The lowest BCUT2D eigenvalue weighted by molar-refractivity contribution is -0.157. The molecule has 8 atom stereocenters. The van der Waals surface area contributed by atoms with E-state index < -0.39 is 80.8 Å². The second-order valence-electron chi connectivity index (χ2n) is 8.57. The molecular formula is C18H25N6O12P. The molecule has 0 amide bonds. The van der Waals surface area contributed by atoms with Gasteiger partial charge in [0.05, 0.1) is 12.7 Å². The standard InChI is InChI=1S/C18H25N6O12P/c19-8-1-3-23(16(29)21-8)14-11(27)10(26)7(34-14)5-18(6-25)13(36-37(31,32)33)12(28)15(35-18)24-4-2-9(20)22-17(24)30/h1-4,7,10-15,25-28H,5-6H2,(H2,19,21,29)(H2,20,22,30)(H2,31,32,33). The van der Waals surface area contributed by atoms with Gasteiger partial charge in [0.1, 0.15) is 41.7 Å². The Morgan fingerprint density at radius 3 is 2.00 bits per heavy atom. The van der Waals surface area contributed by atoms with Crippen LogP contribution in [0.2, 0.25) is 0 Å². The predicted octanol–water partition coefficient (Wildman–Crippen LogP) is -4.23. The molecule has 2 aliphatic rings. The van der Waals surface area contributed by atoms with Crippen LogP contribution in [0.5, 0.6) is 0 Å². The molecule has 0 bridgehead atoms. The second kappa shape index (κ2) is 9.84. The number of nitrogens with zero attached hydrogens (tertiary/aromatic N) is 4. The van der Waals surface area contributed by atoms with Gasteiger partial charge in [0.2, 0.25) is 0 Å². The summed E-state index contributed by atoms with van der Waals surface area (Å²) in [6, 6.07) is 2.44. The number of anilines is 2. The lowest BCUT2D eigenvalue weighted by Crippen LogP contribution is -2.51. The Bertz CT molecular complexity index is 1320. The molecule has 2 aromatic rings. The van der Waals surface area contributed by atoms with Crippen molar-refractivity contribution < 1.29 is 48.8 Å². The van der Waals surface area contributed by atoms with Crippen LogP contribution >= 0.6 is 7.82 Å². The van der Waals surface area contributed by atoms with E-state index in [1.807, 2.05) is 0 Å². The Kier molecular flexibility index (Phi) is 7.25. The Morgan fingerprint density at radius 2 is 1.51 bits per heavy atom. The number of hydrogen-bond donors (Lipinski definition) is 8. The monoisotopic (exact) mass is 548 g/mol. The van der Waals surface area contributed by atoms with Gasteiger partial charge in [0, 0.05) is 18.8 Å². The van der Waals surface area contributed by atoms with Gasteiger partial charge in [-0.1, -0.05) is 0 Å². The summed E-state index contributed by atoms with van der Waals surface area (Å²) in [6.45, 7) is -1.06. The highest BCUT2D eigenvalue weighted by molar-refractivity contribution is 7.46. The number of aliphatic hydroxyl groups is 4. The molecule has 4 heterocycles. The van der Waals surface area contributed by atoms with Crippen LogP contribution in [0, 0.1) is 0 Å². The highest BCUT2D eigenvalue weighted by Crippen LogP contribution is 2.50. The zero-order chi connectivity index (χ0) is 27.3. The SMILES string of the molecule is Nc1ccn(C2OC(CC3(CO)OC(n4ccc(N)nc4=O)C(O)C3OP(=O)(O)O)C(O)C2O)c(=O)n1. The highest BCUT2D eigenvalue weighted by Gasteiger charge is 2.61. The van der Waals surface area contributed by atoms with E-state index in [1.54, 1.807) is 0 Å². The first kappa shape index (κ1) is 27.3. The Labute approximate surface area is 206 Å². The molecular weight excluding hydrogens is 523 g/mol. The third kappa shape index (κ3) is 5.16. The number of nitrogen functional groups attached to an aromatic ring is 2. The van der Waals surface area contributed by atoms with Crippen LogP contribution in [0.3, 0.4) is 0 Å². The highest BCUT2D eigenvalue weighted by atomic mass is 31.2. The van der Waals surface area contributed by atoms with Crippen molar-refractivity contribution in [3.05, 3.63) is 45.5 Å². The van der Waals surface area contributed by atoms with Gasteiger partial charge < -0.3 is 51.2 Å². The number of hydrogen-bond acceptors (Lipinski definition) is 14. The van der Waals surface area contributed by atoms with Crippen molar-refractivity contribution in [2.45, 2.75) is 55.0 Å². The summed E-state index contributed by atoms with van der Waals surface area (Å²) in [5.74, 6) is -0.255. The first-order valence-corrected chi connectivity index (χ1v) is 12.2. The van der Waals surface area contributed by atoms with Crippen LogP contribution in [0.25, 0.3) is 0 Å². The largest absolute Gasteiger partial charge is 0.470 e. The molecule has 0 spiro atoms. The maximum atomic E-state index is 12.3. The summed E-state index contributed by atoms with van der Waals surface area (Å²) in [5, 5.41) is 42.3. The molecule has 2 saturated heterocycles. The second-order valence-corrected chi connectivity index (χ2v) is 9.77. The van der Waals surface area contributed by atoms with Gasteiger partial charge in [0.15, 0.2) is 12.5 Å². The number of ether oxygens (including phenoxy) is 2. The summed E-state index contributed by atoms with van der Waals surface area (Å²) >= 11 is 0. The topological polar surface area (TPSA) is 288 Å². The molecule has 2 fully saturated rings. The molecule has 37 heavy (non-hydrogen) atoms. The molecule has 0 aliphatic carbocycles. The fourth-order valence-corrected chi connectivity index (χ4v) is 5.04. The third-order valence-corrected chi connectivity index (χ3v) is 6.63. The van der Waals surface area contributed by atoms with E-state index in [-0.39, 0.29) is 11.6 Å². The van der Waals surface area contributed by atoms with Crippen molar-refractivity contribution in [2.75, 3.05) is 18.1 Å². The molecule has 10 N–H and O–H groups in total. The molecule has 18 nitrogen and oxygen atoms in total. The van der Waals surface area contributed by atoms with E-state index in [0.717, 1.165) is 15.3 Å². The van der Waals surface area contributed by atoms with E-state index in [0.29, 0.717) is 0 Å². The predicted molar refractivity (Wildman–Crippen MR) is 119 cm³/mol. The third-order valence-electron chi connectivity index (χ3n) is 6.13. The minimum Gasteiger partial charge on any atom is -0.393 e. The number of aromatic nitrogens is 4. The molecule has 0 aromatic carbocycles. The fraction of sp³-hybridized carbons (Fsp3) is 0.556. The van der Waals surface area contributed by atoms with Crippen LogP contribution in [0.4, 0.5) is 11.6 Å². The van der Waals surface area contributed by atoms with Gasteiger partial charge in [-0.2, -0.15) is 9.97 Å². The van der Waals surface area contributed by atoms with Crippen molar-refractivity contribution in [3.8, 4) is 0 Å². The van der Waals surface area contributed by atoms with Crippen molar-refractivity contribution in [1.29, 1.82) is 0 Å². The van der Waals surface area contributed by atoms with Crippen molar-refractivity contribution >= 4 is 19.5 Å². The summed E-state index contributed by atoms with van der Waals surface area (Å²) in [5.41, 5.74) is 6.84. The number of phosphoric ester groups is 1. The van der Waals surface area contributed by atoms with E-state index in [9.17, 15) is 44.4 Å². The minimum atomic E-state index is -5.32. The molecule has 19 heteroatoms. The summed E-state index contributed by atoms with van der Waals surface area (Å²) in [7, 11) is -5.32. The summed E-state index contributed by atoms with van der Waals surface area (Å²) in [6.07, 6.45) is -10.3. The number of nitrogens with two attached hydrogens (primary N) is 2. The van der Waals surface area contributed by atoms with Crippen LogP contribution in [-0.4, -0.2) is 92.0 Å². The molecule has 0 saturated carbocycles. The smallest absolute Gasteiger partial charge is 0.393 e. The summed E-state index contributed by atoms with van der Waals surface area (Å²) in [4.78, 5) is 50.4. The molecule has 8 unspecified atom stereocenters. The lowest BCUT2D eigenvalue weighted by Gasteiger charge is -2.35. The van der Waals surface area contributed by atoms with E-state index in [1.165, 1.54) is 18.3 Å². The van der Waals surface area contributed by atoms with Gasteiger partial charge in [-0.15, -0.1) is 0 Å². The number of rotatable bonds is 7. The minimum absolute atomic E-state index is 0.103. The van der Waals surface area contributed by atoms with Crippen LogP contribution in [-0.2, 0) is 18.6 Å². The Hall–Kier alpha value is -2.77. The van der Waals surface area contributed by atoms with Crippen LogP contribution in [0.1, 0.15) is 18.9 Å². The summed E-state index contributed by atoms with van der Waals surface area (Å²) < 4.78 is 29.4. The molecule has 2 aliphatic heterocycles. The first-order chi connectivity index (χ1) is 17.3. The van der Waals surface area contributed by atoms with E-state index in [2.05, 4.69) is 9.97 Å². The van der Waals surface area contributed by atoms with Crippen LogP contribution in [0.15, 0.2) is 34.1 Å². The van der Waals surface area contributed by atoms with Crippen molar-refractivity contribution in [1.82, 2.24) is 19.1 Å². The Balaban J connectivity index is 1.69. The van der Waals surface area contributed by atoms with Gasteiger partial charge in [-0.3, -0.25) is 13.7 Å². The quantitative estimate of drug-likeness (QED) is 0.152. The maximum Gasteiger partial charge on any atom is 0.470 e. The maximum absolute atomic E-state index is 12.3. The fourth-order valence-electron chi connectivity index (χ4n) is 4.43. The molecule has 4 rings (SSSR count). The van der Waals surface area contributed by atoms with Crippen molar-refractivity contribution in [2.24, 2.45) is 0 Å². The average molecular weight is 548 g/mol. The number of aliphatic hydroxyl groups excluding tert-OH is 4. The molecule has 0 radical (unpaired) electrons. The number of phosphoric acid groups is 1. The van der Waals surface area contributed by atoms with E-state index in [4.69, 9.17) is 25.5 Å². The van der Waals surface area contributed by atoms with Gasteiger partial charge in [0.25, 0.3) is 0 Å². The lowest BCUT2D eigenvalue weighted by atomic mass is 9.88.